The molecule has 0 saturated heterocycles. The summed E-state index contributed by atoms with van der Waals surface area (Å²) in [5, 5.41) is 12.9. The Labute approximate surface area is 113 Å². The van der Waals surface area contributed by atoms with Gasteiger partial charge in [-0.2, -0.15) is 0 Å². The predicted molar refractivity (Wildman–Crippen MR) is 72.7 cm³/mol. The molecule has 1 aliphatic carbocycles. The molecule has 19 heavy (non-hydrogen) atoms. The molecule has 0 spiro atoms. The molecule has 106 valence electrons. The molecule has 0 radical (unpaired) electrons. The Balaban J connectivity index is 1.85. The first-order valence-electron chi connectivity index (χ1n) is 6.88. The van der Waals surface area contributed by atoms with Gasteiger partial charge in [-0.3, -0.25) is 0 Å². The minimum Gasteiger partial charge on any atom is -0.493 e. The number of ether oxygens (including phenoxy) is 1. The van der Waals surface area contributed by atoms with Crippen molar-refractivity contribution < 1.29 is 14.2 Å². The van der Waals surface area contributed by atoms with Crippen molar-refractivity contribution in [2.24, 2.45) is 5.92 Å². The molecule has 1 aromatic rings. The van der Waals surface area contributed by atoms with Gasteiger partial charge < -0.3 is 15.2 Å². The van der Waals surface area contributed by atoms with Crippen LogP contribution in [0, 0.1) is 11.7 Å². The number of aliphatic hydroxyl groups excluding tert-OH is 1. The molecule has 0 amide bonds. The molecule has 2 rings (SSSR count). The second kappa shape index (κ2) is 6.35. The predicted octanol–water partition coefficient (Wildman–Crippen LogP) is 2.35. The molecule has 1 aromatic carbocycles. The third-order valence-electron chi connectivity index (χ3n) is 4.27. The van der Waals surface area contributed by atoms with Crippen LogP contribution in [0.25, 0.3) is 0 Å². The van der Waals surface area contributed by atoms with Crippen molar-refractivity contribution in [3.63, 3.8) is 0 Å². The van der Waals surface area contributed by atoms with Crippen molar-refractivity contribution in [3.8, 4) is 5.75 Å². The van der Waals surface area contributed by atoms with Gasteiger partial charge in [-0.05, 0) is 44.4 Å². The number of hydrogen-bond donors (Lipinski definition) is 2. The molecule has 2 unspecified atom stereocenters. The zero-order valence-electron chi connectivity index (χ0n) is 11.4. The lowest BCUT2D eigenvalue weighted by atomic mass is 9.86. The van der Waals surface area contributed by atoms with Gasteiger partial charge in [0.1, 0.15) is 11.6 Å². The zero-order valence-corrected chi connectivity index (χ0v) is 11.4. The molecular formula is C15H22FNO2. The van der Waals surface area contributed by atoms with Gasteiger partial charge in [-0.25, -0.2) is 4.39 Å². The van der Waals surface area contributed by atoms with E-state index in [0.29, 0.717) is 18.3 Å². The van der Waals surface area contributed by atoms with E-state index in [1.807, 2.05) is 7.05 Å². The Morgan fingerprint density at radius 3 is 3.05 bits per heavy atom. The average molecular weight is 267 g/mol. The van der Waals surface area contributed by atoms with Crippen LogP contribution in [0.5, 0.6) is 5.75 Å². The Hall–Kier alpha value is -1.13. The van der Waals surface area contributed by atoms with E-state index in [4.69, 9.17) is 4.74 Å². The lowest BCUT2D eigenvalue weighted by Gasteiger charge is -2.33. The highest BCUT2D eigenvalue weighted by Gasteiger charge is 2.40. The van der Waals surface area contributed by atoms with Crippen LogP contribution in [-0.4, -0.2) is 30.9 Å². The topological polar surface area (TPSA) is 41.5 Å². The maximum Gasteiger partial charge on any atom is 0.126 e. The normalized spacial score (nSPS) is 26.6. The lowest BCUT2D eigenvalue weighted by Crippen LogP contribution is -2.49. The summed E-state index contributed by atoms with van der Waals surface area (Å²) < 4.78 is 18.6. The van der Waals surface area contributed by atoms with Gasteiger partial charge in [-0.1, -0.05) is 12.5 Å². The summed E-state index contributed by atoms with van der Waals surface area (Å²) in [6.07, 6.45) is 4.11. The molecule has 0 aromatic heterocycles. The van der Waals surface area contributed by atoms with Crippen LogP contribution in [0.2, 0.25) is 0 Å². The zero-order chi connectivity index (χ0) is 13.7. The summed E-state index contributed by atoms with van der Waals surface area (Å²) in [5.41, 5.74) is -0.161. The van der Waals surface area contributed by atoms with E-state index in [0.717, 1.165) is 25.7 Å². The first-order valence-corrected chi connectivity index (χ1v) is 6.88. The van der Waals surface area contributed by atoms with E-state index >= 15 is 0 Å². The molecule has 3 nitrogen and oxygen atoms in total. The second-order valence-corrected chi connectivity index (χ2v) is 5.25. The maximum absolute atomic E-state index is 13.0. The summed E-state index contributed by atoms with van der Waals surface area (Å²) in [6.45, 7) is 0.714. The number of likely N-dealkylation sites (N-methyl/N-ethyl adjacent to an activating group) is 1. The minimum absolute atomic E-state index is 0.161. The fourth-order valence-corrected chi connectivity index (χ4v) is 3.06. The van der Waals surface area contributed by atoms with Crippen LogP contribution in [0.3, 0.4) is 0 Å². The molecule has 1 fully saturated rings. The molecule has 0 heterocycles. The Bertz CT molecular complexity index is 407. The monoisotopic (exact) mass is 267 g/mol. The molecule has 2 atom stereocenters. The summed E-state index contributed by atoms with van der Waals surface area (Å²) in [5.74, 6) is 0.700. The van der Waals surface area contributed by atoms with Crippen LogP contribution in [0.4, 0.5) is 4.39 Å². The fraction of sp³-hybridized carbons (Fsp3) is 0.600. The summed E-state index contributed by atoms with van der Waals surface area (Å²) >= 11 is 0. The number of aliphatic hydroxyl groups is 1. The molecule has 1 saturated carbocycles. The number of halogens is 1. The Morgan fingerprint density at radius 2 is 2.37 bits per heavy atom. The van der Waals surface area contributed by atoms with Crippen molar-refractivity contribution in [1.82, 2.24) is 5.32 Å². The summed E-state index contributed by atoms with van der Waals surface area (Å²) in [7, 11) is 1.90. The van der Waals surface area contributed by atoms with Gasteiger partial charge >= 0.3 is 0 Å². The SMILES string of the molecule is CNC1(CO)CCCC1CCOc1cccc(F)c1. The first-order chi connectivity index (χ1) is 9.20. The van der Waals surface area contributed by atoms with Gasteiger partial charge in [0.25, 0.3) is 0 Å². The largest absolute Gasteiger partial charge is 0.493 e. The Kier molecular flexibility index (Phi) is 4.77. The van der Waals surface area contributed by atoms with Crippen molar-refractivity contribution >= 4 is 0 Å². The highest BCUT2D eigenvalue weighted by atomic mass is 19.1. The highest BCUT2D eigenvalue weighted by molar-refractivity contribution is 5.22. The van der Waals surface area contributed by atoms with Crippen molar-refractivity contribution in [1.29, 1.82) is 0 Å². The van der Waals surface area contributed by atoms with E-state index in [-0.39, 0.29) is 18.0 Å². The molecule has 2 N–H and O–H groups in total. The fourth-order valence-electron chi connectivity index (χ4n) is 3.06. The van der Waals surface area contributed by atoms with Crippen molar-refractivity contribution in [2.75, 3.05) is 20.3 Å². The van der Waals surface area contributed by atoms with Gasteiger partial charge in [0.05, 0.1) is 13.2 Å². The Morgan fingerprint density at radius 1 is 1.53 bits per heavy atom. The summed E-state index contributed by atoms with van der Waals surface area (Å²) in [6, 6.07) is 6.20. The third kappa shape index (κ3) is 3.25. The molecule has 1 aliphatic rings. The number of benzene rings is 1. The first kappa shape index (κ1) is 14.3. The van der Waals surface area contributed by atoms with Crippen LogP contribution in [0.15, 0.2) is 24.3 Å². The molecule has 0 aliphatic heterocycles. The van der Waals surface area contributed by atoms with Gasteiger partial charge in [0.2, 0.25) is 0 Å². The van der Waals surface area contributed by atoms with Gasteiger partial charge in [0.15, 0.2) is 0 Å². The lowest BCUT2D eigenvalue weighted by molar-refractivity contribution is 0.117. The summed E-state index contributed by atoms with van der Waals surface area (Å²) in [4.78, 5) is 0. The highest BCUT2D eigenvalue weighted by Crippen LogP contribution is 2.37. The van der Waals surface area contributed by atoms with Gasteiger partial charge in [-0.15, -0.1) is 0 Å². The van der Waals surface area contributed by atoms with E-state index < -0.39 is 0 Å². The standard InChI is InChI=1S/C15H22FNO2/c1-17-15(11-18)8-3-4-12(15)7-9-19-14-6-2-5-13(16)10-14/h2,5-6,10,12,17-18H,3-4,7-9,11H2,1H3. The maximum atomic E-state index is 13.0. The number of hydrogen-bond acceptors (Lipinski definition) is 3. The minimum atomic E-state index is -0.279. The van der Waals surface area contributed by atoms with Crippen LogP contribution in [-0.2, 0) is 0 Å². The van der Waals surface area contributed by atoms with Crippen LogP contribution in [0.1, 0.15) is 25.7 Å². The number of nitrogens with one attached hydrogen (secondary N) is 1. The quantitative estimate of drug-likeness (QED) is 0.831. The van der Waals surface area contributed by atoms with Crippen molar-refractivity contribution in [2.45, 2.75) is 31.2 Å². The molecule has 0 bridgehead atoms. The van der Waals surface area contributed by atoms with Crippen LogP contribution < -0.4 is 10.1 Å². The second-order valence-electron chi connectivity index (χ2n) is 5.25. The third-order valence-corrected chi connectivity index (χ3v) is 4.27. The van der Waals surface area contributed by atoms with E-state index in [1.165, 1.54) is 12.1 Å². The molecule has 4 heteroatoms. The van der Waals surface area contributed by atoms with Crippen LogP contribution >= 0.6 is 0 Å². The smallest absolute Gasteiger partial charge is 0.126 e. The molecular weight excluding hydrogens is 245 g/mol. The van der Waals surface area contributed by atoms with Crippen molar-refractivity contribution in [3.05, 3.63) is 30.1 Å². The van der Waals surface area contributed by atoms with E-state index in [2.05, 4.69) is 5.32 Å². The average Bonchev–Trinajstić information content (AvgIpc) is 2.82. The van der Waals surface area contributed by atoms with E-state index in [1.54, 1.807) is 12.1 Å². The van der Waals surface area contributed by atoms with Gasteiger partial charge in [0, 0.05) is 11.6 Å². The number of rotatable bonds is 6. The van der Waals surface area contributed by atoms with E-state index in [9.17, 15) is 9.50 Å².